The number of hydrogen-bond donors (Lipinski definition) is 1. The molecule has 10 heteroatoms. The van der Waals surface area contributed by atoms with Crippen LogP contribution in [0.5, 0.6) is 0 Å². The molecule has 0 spiro atoms. The van der Waals surface area contributed by atoms with Gasteiger partial charge < -0.3 is 9.88 Å². The number of amides is 1. The van der Waals surface area contributed by atoms with Crippen LogP contribution in [0.1, 0.15) is 28.8 Å². The second-order valence-electron chi connectivity index (χ2n) is 7.05. The molecule has 3 aromatic rings. The summed E-state index contributed by atoms with van der Waals surface area (Å²) in [7, 11) is 1.67. The van der Waals surface area contributed by atoms with E-state index in [9.17, 15) is 19.7 Å². The quantitative estimate of drug-likeness (QED) is 0.437. The summed E-state index contributed by atoms with van der Waals surface area (Å²) < 4.78 is 0. The maximum absolute atomic E-state index is 12.7. The van der Waals surface area contributed by atoms with Crippen molar-refractivity contribution >= 4 is 44.9 Å². The molecule has 0 radical (unpaired) electrons. The van der Waals surface area contributed by atoms with Crippen molar-refractivity contribution in [3.05, 3.63) is 66.6 Å². The number of aromatic amines is 1. The molecule has 1 atom stereocenters. The average Bonchev–Trinajstić information content (AvgIpc) is 2.99. The van der Waals surface area contributed by atoms with Crippen LogP contribution in [0.25, 0.3) is 10.2 Å². The molecular formula is C20H22N4O4S2. The Bertz CT molecular complexity index is 1170. The maximum Gasteiger partial charge on any atom is 0.269 e. The van der Waals surface area contributed by atoms with E-state index in [1.165, 1.54) is 35.2 Å². The number of rotatable bonds is 7. The molecule has 0 aliphatic heterocycles. The number of H-pyrrole nitrogens is 1. The number of non-ortho nitro benzene ring substituents is 1. The number of nitrogens with one attached hydrogen (secondary N) is 1. The second kappa shape index (κ2) is 8.97. The first-order chi connectivity index (χ1) is 14.2. The zero-order valence-corrected chi connectivity index (χ0v) is 18.7. The summed E-state index contributed by atoms with van der Waals surface area (Å²) in [6.45, 7) is 5.96. The molecule has 1 unspecified atom stereocenters. The van der Waals surface area contributed by atoms with Gasteiger partial charge in [-0.2, -0.15) is 0 Å². The van der Waals surface area contributed by atoms with Gasteiger partial charge in [-0.1, -0.05) is 12.1 Å². The summed E-state index contributed by atoms with van der Waals surface area (Å²) in [5.41, 5.74) is 1.49. The van der Waals surface area contributed by atoms with Crippen LogP contribution in [0.2, 0.25) is 0 Å². The van der Waals surface area contributed by atoms with Gasteiger partial charge in [0, 0.05) is 30.6 Å². The number of hydrogen-bond acceptors (Lipinski definition) is 7. The lowest BCUT2D eigenvalue weighted by atomic mass is 10.2. The molecule has 1 amide bonds. The molecular weight excluding hydrogens is 424 g/mol. The molecule has 2 aromatic heterocycles. The molecule has 0 aliphatic rings. The van der Waals surface area contributed by atoms with Gasteiger partial charge in [0.05, 0.1) is 21.3 Å². The van der Waals surface area contributed by atoms with Crippen LogP contribution in [0.4, 0.5) is 5.69 Å². The van der Waals surface area contributed by atoms with E-state index in [4.69, 9.17) is 0 Å². The summed E-state index contributed by atoms with van der Waals surface area (Å²) >= 11 is 2.88. The highest BCUT2D eigenvalue weighted by Crippen LogP contribution is 2.27. The number of carbonyl (C=O) groups is 1. The summed E-state index contributed by atoms with van der Waals surface area (Å²) in [5, 5.41) is 11.2. The van der Waals surface area contributed by atoms with Crippen LogP contribution in [0, 0.1) is 24.0 Å². The van der Waals surface area contributed by atoms with Gasteiger partial charge in [0.1, 0.15) is 10.7 Å². The third kappa shape index (κ3) is 4.71. The topological polar surface area (TPSA) is 109 Å². The first-order valence-corrected chi connectivity index (χ1v) is 11.1. The first kappa shape index (κ1) is 22.0. The highest BCUT2D eigenvalue weighted by Gasteiger charge is 2.20. The fourth-order valence-corrected chi connectivity index (χ4v) is 4.99. The molecule has 1 N–H and O–H groups in total. The highest BCUT2D eigenvalue weighted by molar-refractivity contribution is 7.99. The Balaban J connectivity index is 1.64. The molecule has 1 aromatic carbocycles. The fraction of sp³-hybridized carbons (Fsp3) is 0.350. The Morgan fingerprint density at radius 3 is 2.83 bits per heavy atom. The van der Waals surface area contributed by atoms with Crippen molar-refractivity contribution in [1.29, 1.82) is 0 Å². The lowest BCUT2D eigenvalue weighted by molar-refractivity contribution is -0.384. The van der Waals surface area contributed by atoms with Crippen LogP contribution in [-0.4, -0.2) is 38.0 Å². The van der Waals surface area contributed by atoms with Crippen LogP contribution >= 0.6 is 23.1 Å². The van der Waals surface area contributed by atoms with E-state index in [1.54, 1.807) is 31.0 Å². The van der Waals surface area contributed by atoms with Gasteiger partial charge in [-0.3, -0.25) is 19.7 Å². The Morgan fingerprint density at radius 2 is 2.13 bits per heavy atom. The van der Waals surface area contributed by atoms with E-state index in [2.05, 4.69) is 9.97 Å². The molecule has 0 saturated carbocycles. The van der Waals surface area contributed by atoms with Gasteiger partial charge in [0.25, 0.3) is 11.2 Å². The molecule has 0 aliphatic carbocycles. The van der Waals surface area contributed by atoms with Crippen molar-refractivity contribution in [2.24, 2.45) is 0 Å². The van der Waals surface area contributed by atoms with Crippen LogP contribution in [0.15, 0.2) is 29.1 Å². The van der Waals surface area contributed by atoms with E-state index >= 15 is 0 Å². The van der Waals surface area contributed by atoms with E-state index < -0.39 is 4.92 Å². The number of nitrogens with zero attached hydrogens (tertiary/aromatic N) is 3. The van der Waals surface area contributed by atoms with Crippen molar-refractivity contribution < 1.29 is 9.72 Å². The second-order valence-corrected chi connectivity index (χ2v) is 9.58. The van der Waals surface area contributed by atoms with Crippen molar-refractivity contribution in [2.75, 3.05) is 7.05 Å². The average molecular weight is 447 g/mol. The van der Waals surface area contributed by atoms with E-state index in [0.717, 1.165) is 10.4 Å². The number of fused-ring (bicyclic) bond motifs is 1. The molecule has 3 rings (SSSR count). The third-order valence-corrected chi connectivity index (χ3v) is 7.07. The minimum atomic E-state index is -0.453. The minimum Gasteiger partial charge on any atom is -0.340 e. The summed E-state index contributed by atoms with van der Waals surface area (Å²) in [6.07, 6.45) is 0. The van der Waals surface area contributed by atoms with Gasteiger partial charge in [0.15, 0.2) is 0 Å². The number of nitro benzene ring substituents is 1. The molecule has 0 fully saturated rings. The van der Waals surface area contributed by atoms with Crippen molar-refractivity contribution in [2.45, 2.75) is 38.3 Å². The smallest absolute Gasteiger partial charge is 0.269 e. The van der Waals surface area contributed by atoms with Crippen molar-refractivity contribution in [1.82, 2.24) is 14.9 Å². The lowest BCUT2D eigenvalue weighted by Crippen LogP contribution is -2.33. The van der Waals surface area contributed by atoms with Gasteiger partial charge in [0.2, 0.25) is 5.91 Å². The van der Waals surface area contributed by atoms with Crippen molar-refractivity contribution in [3.8, 4) is 0 Å². The fourth-order valence-electron chi connectivity index (χ4n) is 3.07. The van der Waals surface area contributed by atoms with E-state index in [1.807, 2.05) is 13.8 Å². The number of aryl methyl sites for hydroxylation is 2. The standard InChI is InChI=1S/C20H22N4O4S2/c1-11-12(2)30-19-17(11)18(25)21-16(22-19)10-29-13(3)20(26)23(4)9-14-6-5-7-15(8-14)24(27)28/h5-8,13H,9-10H2,1-4H3,(H,21,22,25). The van der Waals surface area contributed by atoms with Crippen molar-refractivity contribution in [3.63, 3.8) is 0 Å². The Kier molecular flexibility index (Phi) is 6.57. The van der Waals surface area contributed by atoms with Crippen LogP contribution in [0.3, 0.4) is 0 Å². The predicted molar refractivity (Wildman–Crippen MR) is 120 cm³/mol. The first-order valence-electron chi connectivity index (χ1n) is 9.26. The minimum absolute atomic E-state index is 0.000226. The molecule has 2 heterocycles. The number of thiophene rings is 1. The molecule has 30 heavy (non-hydrogen) atoms. The number of carbonyl (C=O) groups excluding carboxylic acids is 1. The van der Waals surface area contributed by atoms with E-state index in [0.29, 0.717) is 27.4 Å². The zero-order valence-electron chi connectivity index (χ0n) is 17.1. The summed E-state index contributed by atoms with van der Waals surface area (Å²) in [5.74, 6) is 0.844. The number of thioether (sulfide) groups is 1. The van der Waals surface area contributed by atoms with Gasteiger partial charge in [-0.15, -0.1) is 23.1 Å². The molecule has 8 nitrogen and oxygen atoms in total. The van der Waals surface area contributed by atoms with E-state index in [-0.39, 0.29) is 28.9 Å². The Morgan fingerprint density at radius 1 is 1.40 bits per heavy atom. The molecule has 0 saturated heterocycles. The zero-order chi connectivity index (χ0) is 22.0. The third-order valence-electron chi connectivity index (χ3n) is 4.82. The maximum atomic E-state index is 12.7. The SMILES string of the molecule is Cc1sc2nc(CSC(C)C(=O)N(C)Cc3cccc([N+](=O)[O-])c3)[nH]c(=O)c2c1C. The monoisotopic (exact) mass is 446 g/mol. The largest absolute Gasteiger partial charge is 0.340 e. The molecule has 0 bridgehead atoms. The van der Waals surface area contributed by atoms with Crippen LogP contribution < -0.4 is 5.56 Å². The number of nitro groups is 1. The Hall–Kier alpha value is -2.72. The lowest BCUT2D eigenvalue weighted by Gasteiger charge is -2.21. The van der Waals surface area contributed by atoms with Gasteiger partial charge in [-0.05, 0) is 31.9 Å². The summed E-state index contributed by atoms with van der Waals surface area (Å²) in [6, 6.07) is 6.25. The Labute approximate surface area is 181 Å². The number of aromatic nitrogens is 2. The molecule has 158 valence electrons. The normalized spacial score (nSPS) is 12.1. The summed E-state index contributed by atoms with van der Waals surface area (Å²) in [4.78, 5) is 46.2. The van der Waals surface area contributed by atoms with Gasteiger partial charge in [-0.25, -0.2) is 4.98 Å². The number of benzene rings is 1. The highest BCUT2D eigenvalue weighted by atomic mass is 32.2. The van der Waals surface area contributed by atoms with Crippen LogP contribution in [-0.2, 0) is 17.1 Å². The predicted octanol–water partition coefficient (Wildman–Crippen LogP) is 3.79. The van der Waals surface area contributed by atoms with Gasteiger partial charge >= 0.3 is 0 Å².